The number of hydrogen-bond acceptors (Lipinski definition) is 1. The Morgan fingerprint density at radius 3 is 2.62 bits per heavy atom. The molecular weight excluding hydrogens is 284 g/mol. The Morgan fingerprint density at radius 2 is 2.10 bits per heavy atom. The van der Waals surface area contributed by atoms with Gasteiger partial charge in [-0.3, -0.25) is 0 Å². The quantitative estimate of drug-likeness (QED) is 0.905. The lowest BCUT2D eigenvalue weighted by Crippen LogP contribution is -2.48. The Morgan fingerprint density at radius 1 is 1.38 bits per heavy atom. The van der Waals surface area contributed by atoms with Crippen molar-refractivity contribution in [3.05, 3.63) is 34.9 Å². The highest BCUT2D eigenvalue weighted by Crippen LogP contribution is 2.43. The van der Waals surface area contributed by atoms with Crippen LogP contribution in [0.3, 0.4) is 0 Å². The van der Waals surface area contributed by atoms with Crippen LogP contribution in [-0.4, -0.2) is 30.6 Å². The summed E-state index contributed by atoms with van der Waals surface area (Å²) in [6, 6.07) is 8.19. The smallest absolute Gasteiger partial charge is 0.317 e. The summed E-state index contributed by atoms with van der Waals surface area (Å²) in [5.41, 5.74) is 1.42. The average molecular weight is 307 g/mol. The van der Waals surface area contributed by atoms with Crippen molar-refractivity contribution in [2.45, 2.75) is 38.0 Å². The summed E-state index contributed by atoms with van der Waals surface area (Å²) in [6.07, 6.45) is 4.64. The molecule has 2 aliphatic rings. The summed E-state index contributed by atoms with van der Waals surface area (Å²) in [7, 11) is 0. The number of rotatable bonds is 3. The fourth-order valence-corrected chi connectivity index (χ4v) is 3.58. The highest BCUT2D eigenvalue weighted by atomic mass is 35.5. The molecule has 4 heteroatoms. The third-order valence-electron chi connectivity index (χ3n) is 5.06. The number of hydrogen-bond donors (Lipinski definition) is 1. The molecule has 1 aliphatic carbocycles. The van der Waals surface area contributed by atoms with Crippen LogP contribution in [-0.2, 0) is 5.41 Å². The third kappa shape index (κ3) is 3.03. The van der Waals surface area contributed by atoms with Crippen LogP contribution in [0.15, 0.2) is 24.3 Å². The van der Waals surface area contributed by atoms with Gasteiger partial charge in [0.15, 0.2) is 0 Å². The zero-order valence-electron chi connectivity index (χ0n) is 12.6. The molecule has 114 valence electrons. The van der Waals surface area contributed by atoms with Gasteiger partial charge >= 0.3 is 6.03 Å². The van der Waals surface area contributed by atoms with Gasteiger partial charge in [0.1, 0.15) is 0 Å². The van der Waals surface area contributed by atoms with Crippen molar-refractivity contribution in [2.75, 3.05) is 19.6 Å². The van der Waals surface area contributed by atoms with E-state index in [9.17, 15) is 4.79 Å². The monoisotopic (exact) mass is 306 g/mol. The second-order valence-corrected chi connectivity index (χ2v) is 7.08. The van der Waals surface area contributed by atoms with E-state index in [0.29, 0.717) is 5.92 Å². The minimum absolute atomic E-state index is 0.0968. The summed E-state index contributed by atoms with van der Waals surface area (Å²) in [5, 5.41) is 3.92. The van der Waals surface area contributed by atoms with Gasteiger partial charge in [0.2, 0.25) is 0 Å². The van der Waals surface area contributed by atoms with Crippen molar-refractivity contribution in [2.24, 2.45) is 5.92 Å². The molecule has 1 aromatic rings. The van der Waals surface area contributed by atoms with Crippen LogP contribution in [0, 0.1) is 5.92 Å². The van der Waals surface area contributed by atoms with E-state index in [0.717, 1.165) is 43.9 Å². The number of nitrogens with one attached hydrogen (secondary N) is 1. The van der Waals surface area contributed by atoms with Gasteiger partial charge in [-0.25, -0.2) is 4.79 Å². The van der Waals surface area contributed by atoms with E-state index in [1.54, 1.807) is 0 Å². The number of carbonyl (C=O) groups excluding carboxylic acids is 1. The highest BCUT2D eigenvalue weighted by molar-refractivity contribution is 6.30. The first-order valence-corrected chi connectivity index (χ1v) is 8.26. The summed E-state index contributed by atoms with van der Waals surface area (Å²) < 4.78 is 0. The largest absolute Gasteiger partial charge is 0.337 e. The molecule has 1 saturated heterocycles. The number of carbonyl (C=O) groups is 1. The van der Waals surface area contributed by atoms with Crippen molar-refractivity contribution in [3.8, 4) is 0 Å². The van der Waals surface area contributed by atoms with Crippen molar-refractivity contribution in [3.63, 3.8) is 0 Å². The number of halogens is 1. The number of benzene rings is 1. The fourth-order valence-electron chi connectivity index (χ4n) is 3.45. The molecule has 0 aromatic heterocycles. The maximum atomic E-state index is 12.3. The van der Waals surface area contributed by atoms with E-state index < -0.39 is 0 Å². The van der Waals surface area contributed by atoms with Crippen molar-refractivity contribution >= 4 is 17.6 Å². The van der Waals surface area contributed by atoms with E-state index in [2.05, 4.69) is 24.4 Å². The van der Waals surface area contributed by atoms with Gasteiger partial charge in [-0.05, 0) is 42.9 Å². The van der Waals surface area contributed by atoms with Crippen LogP contribution in [0.2, 0.25) is 5.02 Å². The molecule has 1 unspecified atom stereocenters. The van der Waals surface area contributed by atoms with E-state index in [1.807, 2.05) is 17.0 Å². The first-order valence-electron chi connectivity index (χ1n) is 7.88. The zero-order chi connectivity index (χ0) is 14.9. The summed E-state index contributed by atoms with van der Waals surface area (Å²) in [4.78, 5) is 14.2. The Hall–Kier alpha value is -1.22. The van der Waals surface area contributed by atoms with Gasteiger partial charge in [0.05, 0.1) is 0 Å². The predicted octanol–water partition coefficient (Wildman–Crippen LogP) is 3.81. The Labute approximate surface area is 131 Å². The molecule has 1 atom stereocenters. The van der Waals surface area contributed by atoms with E-state index in [4.69, 9.17) is 11.6 Å². The molecule has 1 N–H and O–H groups in total. The van der Waals surface area contributed by atoms with Gasteiger partial charge in [-0.1, -0.05) is 37.1 Å². The minimum atomic E-state index is 0.0968. The minimum Gasteiger partial charge on any atom is -0.337 e. The lowest BCUT2D eigenvalue weighted by molar-refractivity contribution is 0.190. The van der Waals surface area contributed by atoms with Crippen LogP contribution >= 0.6 is 11.6 Å². The topological polar surface area (TPSA) is 32.3 Å². The zero-order valence-corrected chi connectivity index (χ0v) is 13.3. The Kier molecular flexibility index (Phi) is 4.12. The third-order valence-corrected chi connectivity index (χ3v) is 5.31. The normalized spacial score (nSPS) is 23.7. The highest BCUT2D eigenvalue weighted by Gasteiger charge is 2.39. The van der Waals surface area contributed by atoms with Crippen LogP contribution in [0.25, 0.3) is 0 Å². The molecule has 0 radical (unpaired) electrons. The van der Waals surface area contributed by atoms with Crippen LogP contribution in [0.5, 0.6) is 0 Å². The molecule has 21 heavy (non-hydrogen) atoms. The lowest BCUT2D eigenvalue weighted by Gasteiger charge is -2.43. The summed E-state index contributed by atoms with van der Waals surface area (Å²) in [5.74, 6) is 0.629. The van der Waals surface area contributed by atoms with Gasteiger partial charge in [0, 0.05) is 30.1 Å². The number of amides is 2. The second-order valence-electron chi connectivity index (χ2n) is 6.64. The standard InChI is InChI=1S/C17H23ClN2O/c1-13-7-10-20(11-13)16(21)19-12-17(8-2-9-17)14-3-5-15(18)6-4-14/h3-6,13H,2,7-12H2,1H3,(H,19,21). The van der Waals surface area contributed by atoms with Gasteiger partial charge < -0.3 is 10.2 Å². The molecule has 2 fully saturated rings. The fraction of sp³-hybridized carbons (Fsp3) is 0.588. The number of nitrogens with zero attached hydrogens (tertiary/aromatic N) is 1. The van der Waals surface area contributed by atoms with E-state index in [1.165, 1.54) is 12.0 Å². The molecule has 2 amide bonds. The molecule has 3 nitrogen and oxygen atoms in total. The summed E-state index contributed by atoms with van der Waals surface area (Å²) in [6.45, 7) is 4.72. The molecule has 0 spiro atoms. The molecule has 3 rings (SSSR count). The van der Waals surface area contributed by atoms with E-state index in [-0.39, 0.29) is 11.4 Å². The molecule has 1 heterocycles. The lowest BCUT2D eigenvalue weighted by atomic mass is 9.64. The van der Waals surface area contributed by atoms with Crippen molar-refractivity contribution in [1.82, 2.24) is 10.2 Å². The van der Waals surface area contributed by atoms with Crippen molar-refractivity contribution < 1.29 is 4.79 Å². The number of likely N-dealkylation sites (tertiary alicyclic amines) is 1. The molecular formula is C17H23ClN2O. The first kappa shape index (κ1) is 14.7. The molecule has 1 saturated carbocycles. The van der Waals surface area contributed by atoms with Crippen molar-refractivity contribution in [1.29, 1.82) is 0 Å². The average Bonchev–Trinajstić information content (AvgIpc) is 2.86. The second kappa shape index (κ2) is 5.88. The van der Waals surface area contributed by atoms with Crippen LogP contribution < -0.4 is 5.32 Å². The number of urea groups is 1. The Balaban J connectivity index is 1.62. The maximum Gasteiger partial charge on any atom is 0.317 e. The van der Waals surface area contributed by atoms with Crippen LogP contribution in [0.1, 0.15) is 38.2 Å². The molecule has 1 aromatic carbocycles. The van der Waals surface area contributed by atoms with Gasteiger partial charge in [0.25, 0.3) is 0 Å². The first-order chi connectivity index (χ1) is 10.1. The predicted molar refractivity (Wildman–Crippen MR) is 85.7 cm³/mol. The van der Waals surface area contributed by atoms with Crippen LogP contribution in [0.4, 0.5) is 4.79 Å². The molecule has 1 aliphatic heterocycles. The van der Waals surface area contributed by atoms with E-state index >= 15 is 0 Å². The molecule has 0 bridgehead atoms. The van der Waals surface area contributed by atoms with Gasteiger partial charge in [-0.2, -0.15) is 0 Å². The maximum absolute atomic E-state index is 12.3. The SMILES string of the molecule is CC1CCN(C(=O)NCC2(c3ccc(Cl)cc3)CCC2)C1. The van der Waals surface area contributed by atoms with Gasteiger partial charge in [-0.15, -0.1) is 0 Å². The summed E-state index contributed by atoms with van der Waals surface area (Å²) >= 11 is 5.97. The Bertz CT molecular complexity index is 510.